The fourth-order valence-electron chi connectivity index (χ4n) is 0.968. The van der Waals surface area contributed by atoms with E-state index in [0.29, 0.717) is 6.29 Å². The number of halogens is 3. The van der Waals surface area contributed by atoms with Crippen LogP contribution in [0.15, 0.2) is 24.3 Å². The lowest BCUT2D eigenvalue weighted by atomic mass is 10.1. The van der Waals surface area contributed by atoms with Gasteiger partial charge >= 0.3 is 6.18 Å². The van der Waals surface area contributed by atoms with Crippen molar-refractivity contribution in [3.63, 3.8) is 0 Å². The molecule has 0 spiro atoms. The normalized spacial score (nSPS) is 10.3. The van der Waals surface area contributed by atoms with E-state index in [0.717, 1.165) is 12.1 Å². The zero-order valence-electron chi connectivity index (χ0n) is 7.64. The van der Waals surface area contributed by atoms with Crippen molar-refractivity contribution in [1.29, 1.82) is 0 Å². The minimum absolute atomic E-state index is 0.0241. The van der Waals surface area contributed by atoms with Crippen molar-refractivity contribution < 1.29 is 18.0 Å². The van der Waals surface area contributed by atoms with Gasteiger partial charge in [-0.05, 0) is 18.2 Å². The first kappa shape index (κ1) is 11.3. The standard InChI is InChI=1S/C11H7F3O/c12-11(13,14)10-6-3-5-9(8-10)4-1-2-7-15/h3,5-8H,2H2. The Kier molecular flexibility index (Phi) is 3.51. The van der Waals surface area contributed by atoms with Gasteiger partial charge in [-0.3, -0.25) is 0 Å². The number of benzene rings is 1. The van der Waals surface area contributed by atoms with E-state index in [1.165, 1.54) is 12.1 Å². The number of alkyl halides is 3. The summed E-state index contributed by atoms with van der Waals surface area (Å²) in [6, 6.07) is 4.68. The molecule has 1 rings (SSSR count). The van der Waals surface area contributed by atoms with Crippen molar-refractivity contribution >= 4 is 6.29 Å². The maximum absolute atomic E-state index is 12.3. The maximum atomic E-state index is 12.3. The second-order valence-corrected chi connectivity index (χ2v) is 2.75. The molecule has 0 aromatic heterocycles. The summed E-state index contributed by atoms with van der Waals surface area (Å²) in [6.45, 7) is 0. The molecule has 0 saturated heterocycles. The lowest BCUT2D eigenvalue weighted by Crippen LogP contribution is -2.04. The molecule has 4 heteroatoms. The van der Waals surface area contributed by atoms with E-state index in [9.17, 15) is 18.0 Å². The quantitative estimate of drug-likeness (QED) is 0.516. The van der Waals surface area contributed by atoms with Gasteiger partial charge in [0, 0.05) is 5.56 Å². The molecular weight excluding hydrogens is 205 g/mol. The minimum Gasteiger partial charge on any atom is -0.302 e. The molecule has 0 aliphatic rings. The molecule has 15 heavy (non-hydrogen) atoms. The molecule has 0 heterocycles. The lowest BCUT2D eigenvalue weighted by molar-refractivity contribution is -0.137. The van der Waals surface area contributed by atoms with Gasteiger partial charge in [0.15, 0.2) is 0 Å². The van der Waals surface area contributed by atoms with Crippen LogP contribution in [-0.4, -0.2) is 6.29 Å². The first-order valence-corrected chi connectivity index (χ1v) is 4.14. The molecule has 1 aromatic rings. The van der Waals surface area contributed by atoms with Gasteiger partial charge in [0.05, 0.1) is 12.0 Å². The average molecular weight is 212 g/mol. The van der Waals surface area contributed by atoms with Crippen LogP contribution in [0.2, 0.25) is 0 Å². The second kappa shape index (κ2) is 4.65. The highest BCUT2D eigenvalue weighted by atomic mass is 19.4. The van der Waals surface area contributed by atoms with Gasteiger partial charge in [-0.15, -0.1) is 0 Å². The van der Waals surface area contributed by atoms with Crippen LogP contribution in [0.3, 0.4) is 0 Å². The van der Waals surface area contributed by atoms with Gasteiger partial charge in [-0.1, -0.05) is 17.9 Å². The van der Waals surface area contributed by atoms with Gasteiger partial charge in [-0.25, -0.2) is 0 Å². The average Bonchev–Trinajstić information content (AvgIpc) is 2.17. The molecule has 1 aromatic carbocycles. The molecule has 0 unspecified atom stereocenters. The summed E-state index contributed by atoms with van der Waals surface area (Å²) in [5.41, 5.74) is -0.480. The van der Waals surface area contributed by atoms with Gasteiger partial charge < -0.3 is 4.79 Å². The van der Waals surface area contributed by atoms with Crippen LogP contribution in [0.5, 0.6) is 0 Å². The van der Waals surface area contributed by atoms with Crippen molar-refractivity contribution in [3.8, 4) is 11.8 Å². The van der Waals surface area contributed by atoms with Crippen LogP contribution < -0.4 is 0 Å². The molecule has 0 atom stereocenters. The third kappa shape index (κ3) is 3.47. The molecule has 1 nitrogen and oxygen atoms in total. The fourth-order valence-corrected chi connectivity index (χ4v) is 0.968. The minimum atomic E-state index is -4.36. The first-order chi connectivity index (χ1) is 7.04. The van der Waals surface area contributed by atoms with E-state index >= 15 is 0 Å². The summed E-state index contributed by atoms with van der Waals surface area (Å²) in [5.74, 6) is 4.92. The molecule has 0 saturated carbocycles. The lowest BCUT2D eigenvalue weighted by Gasteiger charge is -2.05. The van der Waals surface area contributed by atoms with E-state index in [1.54, 1.807) is 0 Å². The summed E-state index contributed by atoms with van der Waals surface area (Å²) in [4.78, 5) is 9.94. The fraction of sp³-hybridized carbons (Fsp3) is 0.182. The molecule has 0 aliphatic carbocycles. The van der Waals surface area contributed by atoms with Crippen molar-refractivity contribution in [2.24, 2.45) is 0 Å². The van der Waals surface area contributed by atoms with Crippen LogP contribution in [0, 0.1) is 11.8 Å². The molecule has 0 aliphatic heterocycles. The molecule has 0 fully saturated rings. The Morgan fingerprint density at radius 1 is 1.33 bits per heavy atom. The molecule has 78 valence electrons. The van der Waals surface area contributed by atoms with E-state index in [2.05, 4.69) is 11.8 Å². The van der Waals surface area contributed by atoms with Crippen molar-refractivity contribution in [1.82, 2.24) is 0 Å². The highest BCUT2D eigenvalue weighted by Crippen LogP contribution is 2.29. The highest BCUT2D eigenvalue weighted by molar-refractivity contribution is 5.55. The highest BCUT2D eigenvalue weighted by Gasteiger charge is 2.30. The Morgan fingerprint density at radius 2 is 2.07 bits per heavy atom. The summed E-state index contributed by atoms with van der Waals surface area (Å²) in [6.07, 6.45) is -3.74. The predicted octanol–water partition coefficient (Wildman–Crippen LogP) is 2.65. The number of hydrogen-bond acceptors (Lipinski definition) is 1. The number of aldehydes is 1. The van der Waals surface area contributed by atoms with E-state index in [-0.39, 0.29) is 12.0 Å². The van der Waals surface area contributed by atoms with Crippen molar-refractivity contribution in [2.45, 2.75) is 12.6 Å². The maximum Gasteiger partial charge on any atom is 0.416 e. The number of carbonyl (C=O) groups excluding carboxylic acids is 1. The van der Waals surface area contributed by atoms with Gasteiger partial charge in [0.25, 0.3) is 0 Å². The Morgan fingerprint density at radius 3 is 2.67 bits per heavy atom. The zero-order chi connectivity index (χ0) is 11.3. The summed E-state index contributed by atoms with van der Waals surface area (Å²) >= 11 is 0. The Bertz CT molecular complexity index is 410. The van der Waals surface area contributed by atoms with E-state index < -0.39 is 11.7 Å². The smallest absolute Gasteiger partial charge is 0.302 e. The molecule has 0 radical (unpaired) electrons. The van der Waals surface area contributed by atoms with Crippen molar-refractivity contribution in [3.05, 3.63) is 35.4 Å². The third-order valence-corrected chi connectivity index (χ3v) is 1.61. The zero-order valence-corrected chi connectivity index (χ0v) is 7.64. The van der Waals surface area contributed by atoms with Gasteiger partial charge in [0.1, 0.15) is 6.29 Å². The van der Waals surface area contributed by atoms with Gasteiger partial charge in [-0.2, -0.15) is 13.2 Å². The summed E-state index contributed by atoms with van der Waals surface area (Å²) in [5, 5.41) is 0. The molecule has 0 N–H and O–H groups in total. The number of rotatable bonds is 1. The van der Waals surface area contributed by atoms with Crippen LogP contribution in [-0.2, 0) is 11.0 Å². The number of hydrogen-bond donors (Lipinski definition) is 0. The molecular formula is C11H7F3O. The predicted molar refractivity (Wildman–Crippen MR) is 49.0 cm³/mol. The molecule has 0 bridgehead atoms. The topological polar surface area (TPSA) is 17.1 Å². The third-order valence-electron chi connectivity index (χ3n) is 1.61. The van der Waals surface area contributed by atoms with Crippen molar-refractivity contribution in [2.75, 3.05) is 0 Å². The SMILES string of the molecule is O=CCC#Cc1cccc(C(F)(F)F)c1. The second-order valence-electron chi connectivity index (χ2n) is 2.75. The van der Waals surface area contributed by atoms with Crippen LogP contribution >= 0.6 is 0 Å². The first-order valence-electron chi connectivity index (χ1n) is 4.14. The van der Waals surface area contributed by atoms with E-state index in [4.69, 9.17) is 0 Å². The largest absolute Gasteiger partial charge is 0.416 e. The number of carbonyl (C=O) groups is 1. The monoisotopic (exact) mass is 212 g/mol. The van der Waals surface area contributed by atoms with Crippen LogP contribution in [0.4, 0.5) is 13.2 Å². The Hall–Kier alpha value is -1.76. The Balaban J connectivity index is 2.94. The van der Waals surface area contributed by atoms with Gasteiger partial charge in [0.2, 0.25) is 0 Å². The van der Waals surface area contributed by atoms with Crippen LogP contribution in [0.25, 0.3) is 0 Å². The Labute approximate surface area is 84.9 Å². The molecule has 0 amide bonds. The van der Waals surface area contributed by atoms with E-state index in [1.807, 2.05) is 0 Å². The summed E-state index contributed by atoms with van der Waals surface area (Å²) in [7, 11) is 0. The van der Waals surface area contributed by atoms with Crippen LogP contribution in [0.1, 0.15) is 17.5 Å². The summed E-state index contributed by atoms with van der Waals surface area (Å²) < 4.78 is 36.8.